The van der Waals surface area contributed by atoms with Gasteiger partial charge in [-0.25, -0.2) is 14.4 Å². The summed E-state index contributed by atoms with van der Waals surface area (Å²) in [4.78, 5) is 34.6. The lowest BCUT2D eigenvalue weighted by Gasteiger charge is -2.23. The minimum absolute atomic E-state index is 0. The van der Waals surface area contributed by atoms with Crippen LogP contribution in [0, 0.1) is 0 Å². The lowest BCUT2D eigenvalue weighted by atomic mass is 10.0. The number of nitrogens with zero attached hydrogens (tertiary/aromatic N) is 6. The molecule has 0 radical (unpaired) electrons. The maximum absolute atomic E-state index is 14.7. The average Bonchev–Trinajstić information content (AvgIpc) is 1.66. The number of halogens is 15. The van der Waals surface area contributed by atoms with Gasteiger partial charge in [-0.05, 0) is 75.4 Å². The second kappa shape index (κ2) is 33.2. The number of aliphatic hydroxyl groups is 3. The molecule has 1 unspecified atom stereocenters. The summed E-state index contributed by atoms with van der Waals surface area (Å²) in [7, 11) is 0. The Morgan fingerprint density at radius 1 is 0.425 bits per heavy atom. The van der Waals surface area contributed by atoms with Crippen molar-refractivity contribution in [3.05, 3.63) is 143 Å². The van der Waals surface area contributed by atoms with Gasteiger partial charge in [-0.2, -0.15) is 81.2 Å². The van der Waals surface area contributed by atoms with Gasteiger partial charge in [0.2, 0.25) is 18.3 Å². The summed E-state index contributed by atoms with van der Waals surface area (Å²) >= 11 is 0. The molecule has 0 aliphatic rings. The number of ether oxygens (including phenoxy) is 6. The number of aliphatic hydroxyl groups excluding tert-OH is 3. The van der Waals surface area contributed by atoms with Gasteiger partial charge in [0.1, 0.15) is 56.6 Å². The van der Waals surface area contributed by atoms with Crippen molar-refractivity contribution in [2.75, 3.05) is 19.8 Å². The zero-order valence-corrected chi connectivity index (χ0v) is 43.2. The van der Waals surface area contributed by atoms with E-state index in [2.05, 4.69) is 29.5 Å². The molecule has 3 atom stereocenters. The third-order valence-corrected chi connectivity index (χ3v) is 10.2. The van der Waals surface area contributed by atoms with Crippen molar-refractivity contribution >= 4 is 17.9 Å². The monoisotopic (exact) mass is 1280 g/mol. The Kier molecular flexibility index (Phi) is 25.3. The Balaban J connectivity index is 0.000000686. The van der Waals surface area contributed by atoms with Crippen molar-refractivity contribution in [3.63, 3.8) is 0 Å². The molecule has 0 fully saturated rings. The first-order chi connectivity index (χ1) is 41.4. The molecule has 3 aromatic carbocycles. The van der Waals surface area contributed by atoms with E-state index in [9.17, 15) is 95.6 Å². The molecule has 0 saturated carbocycles. The molecule has 0 saturated heterocycles. The molecule has 0 aliphatic heterocycles. The summed E-state index contributed by atoms with van der Waals surface area (Å²) < 4.78 is 279. The predicted octanol–water partition coefficient (Wildman–Crippen LogP) is 11.0. The Morgan fingerprint density at radius 3 is 0.851 bits per heavy atom. The highest BCUT2D eigenvalue weighted by Crippen LogP contribution is 2.41. The maximum atomic E-state index is 14.7. The number of hydrogen-bond acceptors (Lipinski definition) is 15. The van der Waals surface area contributed by atoms with E-state index >= 15 is 0 Å². The average molecular weight is 1280 g/mol. The molecule has 3 heterocycles. The summed E-state index contributed by atoms with van der Waals surface area (Å²) in [6.45, 7) is -10.7. The Labute approximate surface area is 496 Å². The molecule has 0 aliphatic carbocycles. The van der Waals surface area contributed by atoms with Crippen molar-refractivity contribution in [1.82, 2.24) is 29.3 Å². The first-order valence-electron chi connectivity index (χ1n) is 26.7. The Morgan fingerprint density at radius 2 is 0.644 bits per heavy atom. The van der Waals surface area contributed by atoms with Gasteiger partial charge in [0, 0.05) is 18.6 Å². The molecule has 0 bridgehead atoms. The van der Waals surface area contributed by atoms with Crippen molar-refractivity contribution in [2.24, 2.45) is 0 Å². The molecule has 18 nitrogen and oxygen atoms in total. The highest BCUT2D eigenvalue weighted by molar-refractivity contribution is 5.77. The Hall–Kier alpha value is -8.07. The smallest absolute Gasteiger partial charge is 0.408 e. The second-order valence-corrected chi connectivity index (χ2v) is 16.4. The quantitative estimate of drug-likeness (QED) is 0.0291. The van der Waals surface area contributed by atoms with Crippen LogP contribution in [0.15, 0.2) is 110 Å². The van der Waals surface area contributed by atoms with Crippen LogP contribution in [0.4, 0.5) is 65.9 Å². The van der Waals surface area contributed by atoms with Gasteiger partial charge in [0.15, 0.2) is 0 Å². The van der Waals surface area contributed by atoms with Gasteiger partial charge in [0.25, 0.3) is 0 Å². The molecule has 6 rings (SSSR count). The van der Waals surface area contributed by atoms with Crippen LogP contribution in [0.1, 0.15) is 85.0 Å². The van der Waals surface area contributed by atoms with Gasteiger partial charge < -0.3 is 43.7 Å². The normalized spacial score (nSPS) is 14.3. The summed E-state index contributed by atoms with van der Waals surface area (Å²) in [5.41, 5.74) is -5.21. The van der Waals surface area contributed by atoms with Crippen LogP contribution in [0.25, 0.3) is 0 Å². The molecule has 3 N–H and O–H groups in total. The maximum Gasteiger partial charge on any atom is 0.408 e. The summed E-state index contributed by atoms with van der Waals surface area (Å²) in [5.74, 6) is -19.9. The molecular weight excluding hydrogens is 1210 g/mol. The number of carbonyl (C=O) groups is 3. The molecule has 0 spiro atoms. The fourth-order valence-electron chi connectivity index (χ4n) is 6.51. The SMILES string of the molecule is C.C.C.[2H]C([2H])(Oc1ccccc1C(F)(F)C(O)C(=O)OCC)c1ccnn1CC(F)(F)F.[2H]C([2H])(Oc1ccccc1C(F)(F)[C@@H](O)C(=O)OCC)c1ccnn1CC(F)(F)F.[2H]C([2H])(Oc1ccccc1C(F)(F)[C@H](O)C(=O)OCC)c1ccnn1CC(F)(F)F. The molecular formula is C54H63F15N6O12. The van der Waals surface area contributed by atoms with Gasteiger partial charge >= 0.3 is 54.2 Å². The number of alkyl halides is 15. The van der Waals surface area contributed by atoms with E-state index in [1.165, 1.54) is 39.0 Å². The molecule has 87 heavy (non-hydrogen) atoms. The van der Waals surface area contributed by atoms with E-state index < -0.39 is 163 Å². The van der Waals surface area contributed by atoms with E-state index in [1.807, 2.05) is 0 Å². The number of rotatable bonds is 24. The second-order valence-electron chi connectivity index (χ2n) is 16.4. The third-order valence-electron chi connectivity index (χ3n) is 10.2. The third kappa shape index (κ3) is 22.3. The summed E-state index contributed by atoms with van der Waals surface area (Å²) in [6.07, 6.45) is -20.2. The predicted molar refractivity (Wildman–Crippen MR) is 277 cm³/mol. The van der Waals surface area contributed by atoms with Crippen LogP contribution in [-0.4, -0.2) is 119 Å². The first kappa shape index (κ1) is 66.5. The minimum atomic E-state index is -4.72. The first-order valence-corrected chi connectivity index (χ1v) is 23.7. The molecule has 0 amide bonds. The number of hydrogen-bond donors (Lipinski definition) is 3. The van der Waals surface area contributed by atoms with Crippen molar-refractivity contribution in [3.8, 4) is 17.2 Å². The van der Waals surface area contributed by atoms with E-state index in [4.69, 9.17) is 22.4 Å². The summed E-state index contributed by atoms with van der Waals surface area (Å²) in [6, 6.07) is 14.8. The van der Waals surface area contributed by atoms with E-state index in [-0.39, 0.29) is 56.1 Å². The summed E-state index contributed by atoms with van der Waals surface area (Å²) in [5, 5.41) is 39.2. The van der Waals surface area contributed by atoms with Gasteiger partial charge in [-0.3, -0.25) is 14.0 Å². The van der Waals surface area contributed by atoms with Crippen LogP contribution in [0.5, 0.6) is 17.2 Å². The van der Waals surface area contributed by atoms with Gasteiger partial charge in [-0.15, -0.1) is 0 Å². The fraction of sp³-hybridized carbons (Fsp3) is 0.444. The van der Waals surface area contributed by atoms with Crippen LogP contribution in [0.3, 0.4) is 0 Å². The van der Waals surface area contributed by atoms with Crippen molar-refractivity contribution in [1.29, 1.82) is 0 Å². The number of carbonyl (C=O) groups excluding carboxylic acids is 3. The van der Waals surface area contributed by atoms with E-state index in [0.717, 1.165) is 91.4 Å². The molecule has 6 aromatic rings. The van der Waals surface area contributed by atoms with Gasteiger partial charge in [-0.1, -0.05) is 58.7 Å². The van der Waals surface area contributed by atoms with Crippen LogP contribution in [0.2, 0.25) is 0 Å². The number of aromatic nitrogens is 6. The van der Waals surface area contributed by atoms with E-state index in [0.29, 0.717) is 0 Å². The van der Waals surface area contributed by atoms with Crippen molar-refractivity contribution < 1.29 is 132 Å². The Bertz CT molecular complexity index is 3010. The zero-order chi connectivity index (χ0) is 68.2. The van der Waals surface area contributed by atoms with Crippen LogP contribution < -0.4 is 14.2 Å². The van der Waals surface area contributed by atoms with Crippen molar-refractivity contribution in [2.45, 2.75) is 137 Å². The zero-order valence-electron chi connectivity index (χ0n) is 49.2. The lowest BCUT2D eigenvalue weighted by molar-refractivity contribution is -0.179. The minimum Gasteiger partial charge on any atom is -0.487 e. The largest absolute Gasteiger partial charge is 0.487 e. The molecule has 3 aromatic heterocycles. The number of esters is 3. The van der Waals surface area contributed by atoms with Crippen LogP contribution in [-0.2, 0) is 85.7 Å². The molecule has 33 heteroatoms. The fourth-order valence-corrected chi connectivity index (χ4v) is 6.51. The highest BCUT2D eigenvalue weighted by atomic mass is 19.4. The topological polar surface area (TPSA) is 221 Å². The molecule has 486 valence electrons. The van der Waals surface area contributed by atoms with Gasteiger partial charge in [0.05, 0.1) is 61.8 Å². The van der Waals surface area contributed by atoms with Crippen LogP contribution >= 0.6 is 0 Å². The standard InChI is InChI=1S/3C17H17F5N2O4.3CH4/c3*1-2-27-15(26)14(25)17(21,22)12-5-3-4-6-13(12)28-9-11-7-8-23-24(11)10-16(18,19)20;;;/h3*3-8,14,25H,2,9-10H2,1H3;3*1H4/t2*14-;;;;/m10..../s1/i3*9D2;;;. The van der Waals surface area contributed by atoms with E-state index in [1.54, 1.807) is 0 Å². The number of para-hydroxylation sites is 3. The lowest BCUT2D eigenvalue weighted by Crippen LogP contribution is -2.39. The highest BCUT2D eigenvalue weighted by Gasteiger charge is 2.50. The number of benzene rings is 3.